The lowest BCUT2D eigenvalue weighted by atomic mass is 10.5. The van der Waals surface area contributed by atoms with Crippen molar-refractivity contribution in [1.82, 2.24) is 10.2 Å². The van der Waals surface area contributed by atoms with E-state index in [1.807, 2.05) is 0 Å². The first kappa shape index (κ1) is 12.8. The number of nitrogens with zero attached hydrogens (tertiary/aromatic N) is 1. The van der Waals surface area contributed by atoms with Gasteiger partial charge in [-0.15, -0.1) is 0 Å². The molecule has 0 aliphatic rings. The summed E-state index contributed by atoms with van der Waals surface area (Å²) >= 11 is 0. The van der Waals surface area contributed by atoms with Gasteiger partial charge in [-0.1, -0.05) is 0 Å². The summed E-state index contributed by atoms with van der Waals surface area (Å²) < 4.78 is 10.1. The van der Waals surface area contributed by atoms with Crippen molar-refractivity contribution in [3.63, 3.8) is 0 Å². The second kappa shape index (κ2) is 9.92. The molecule has 0 amide bonds. The second-order valence-corrected chi connectivity index (χ2v) is 3.16. The molecule has 1 N–H and O–H groups in total. The van der Waals surface area contributed by atoms with E-state index in [0.717, 1.165) is 26.2 Å². The maximum Gasteiger partial charge on any atom is 0.0700 e. The van der Waals surface area contributed by atoms with E-state index in [1.165, 1.54) is 0 Å². The van der Waals surface area contributed by atoms with Gasteiger partial charge in [0.25, 0.3) is 0 Å². The van der Waals surface area contributed by atoms with Crippen LogP contribution in [-0.2, 0) is 9.47 Å². The van der Waals surface area contributed by atoms with Crippen LogP contribution in [0.25, 0.3) is 0 Å². The summed E-state index contributed by atoms with van der Waals surface area (Å²) in [6, 6.07) is 0. The lowest BCUT2D eigenvalue weighted by molar-refractivity contribution is 0.0719. The Balaban J connectivity index is 2.84. The summed E-state index contributed by atoms with van der Waals surface area (Å²) in [5.41, 5.74) is 0. The van der Waals surface area contributed by atoms with E-state index >= 15 is 0 Å². The molecule has 0 spiro atoms. The van der Waals surface area contributed by atoms with Crippen molar-refractivity contribution in [3.8, 4) is 0 Å². The van der Waals surface area contributed by atoms with E-state index in [0.29, 0.717) is 13.2 Å². The molecule has 0 unspecified atom stereocenters. The molecular formula is C9H22N2O2. The van der Waals surface area contributed by atoms with Gasteiger partial charge >= 0.3 is 0 Å². The molecule has 0 aliphatic carbocycles. The molecule has 0 aromatic rings. The molecular weight excluding hydrogens is 168 g/mol. The predicted octanol–water partition coefficient (Wildman–Crippen LogP) is -0.199. The van der Waals surface area contributed by atoms with Crippen molar-refractivity contribution in [1.29, 1.82) is 0 Å². The van der Waals surface area contributed by atoms with E-state index in [-0.39, 0.29) is 0 Å². The van der Waals surface area contributed by atoms with Crippen LogP contribution in [0.3, 0.4) is 0 Å². The second-order valence-electron chi connectivity index (χ2n) is 3.16. The van der Waals surface area contributed by atoms with E-state index in [2.05, 4.69) is 24.3 Å². The predicted molar refractivity (Wildman–Crippen MR) is 54.1 cm³/mol. The highest BCUT2D eigenvalue weighted by Gasteiger charge is 1.90. The zero-order chi connectivity index (χ0) is 9.94. The summed E-state index contributed by atoms with van der Waals surface area (Å²) in [5, 5.41) is 3.29. The minimum Gasteiger partial charge on any atom is -0.382 e. The van der Waals surface area contributed by atoms with E-state index in [9.17, 15) is 0 Å². The highest BCUT2D eigenvalue weighted by molar-refractivity contribution is 4.49. The standard InChI is InChI=1S/C9H22N2O2/c1-11(2)6-4-10-5-7-13-9-8-12-3/h10H,4-9H2,1-3H3. The molecule has 4 nitrogen and oxygen atoms in total. The maximum atomic E-state index is 5.28. The summed E-state index contributed by atoms with van der Waals surface area (Å²) in [6.07, 6.45) is 0. The number of rotatable bonds is 9. The largest absolute Gasteiger partial charge is 0.382 e. The Morgan fingerprint density at radius 1 is 1.08 bits per heavy atom. The summed E-state index contributed by atoms with van der Waals surface area (Å²) in [4.78, 5) is 2.15. The van der Waals surface area contributed by atoms with Crippen LogP contribution in [0.4, 0.5) is 0 Å². The third-order valence-corrected chi connectivity index (χ3v) is 1.59. The van der Waals surface area contributed by atoms with E-state index in [1.54, 1.807) is 7.11 Å². The highest BCUT2D eigenvalue weighted by atomic mass is 16.5. The minimum atomic E-state index is 0.678. The molecule has 0 saturated carbocycles. The van der Waals surface area contributed by atoms with Crippen LogP contribution in [-0.4, -0.2) is 65.6 Å². The zero-order valence-electron chi connectivity index (χ0n) is 9.01. The van der Waals surface area contributed by atoms with Crippen LogP contribution in [0.1, 0.15) is 0 Å². The van der Waals surface area contributed by atoms with Crippen molar-refractivity contribution >= 4 is 0 Å². The van der Waals surface area contributed by atoms with Gasteiger partial charge < -0.3 is 19.7 Å². The van der Waals surface area contributed by atoms with Gasteiger partial charge in [-0.2, -0.15) is 0 Å². The van der Waals surface area contributed by atoms with Crippen molar-refractivity contribution in [2.75, 3.05) is 60.7 Å². The van der Waals surface area contributed by atoms with Crippen molar-refractivity contribution in [2.45, 2.75) is 0 Å². The Labute approximate surface area is 81.2 Å². The fourth-order valence-electron chi connectivity index (χ4n) is 0.816. The summed E-state index contributed by atoms with van der Waals surface area (Å²) in [5.74, 6) is 0. The molecule has 0 bridgehead atoms. The molecule has 0 rings (SSSR count). The number of ether oxygens (including phenoxy) is 2. The number of hydrogen-bond donors (Lipinski definition) is 1. The molecule has 0 heterocycles. The van der Waals surface area contributed by atoms with E-state index < -0.39 is 0 Å². The average Bonchev–Trinajstić information content (AvgIpc) is 2.09. The van der Waals surface area contributed by atoms with Crippen LogP contribution in [0, 0.1) is 0 Å². The fraction of sp³-hybridized carbons (Fsp3) is 1.00. The topological polar surface area (TPSA) is 33.7 Å². The van der Waals surface area contributed by atoms with Crippen LogP contribution in [0.2, 0.25) is 0 Å². The quantitative estimate of drug-likeness (QED) is 0.511. The SMILES string of the molecule is COCCOCCNCCN(C)C. The maximum absolute atomic E-state index is 5.28. The molecule has 0 aliphatic heterocycles. The zero-order valence-corrected chi connectivity index (χ0v) is 9.01. The smallest absolute Gasteiger partial charge is 0.0700 e. The summed E-state index contributed by atoms with van der Waals surface area (Å²) in [6.45, 7) is 5.12. The van der Waals surface area contributed by atoms with E-state index in [4.69, 9.17) is 9.47 Å². The third-order valence-electron chi connectivity index (χ3n) is 1.59. The third kappa shape index (κ3) is 11.8. The Bertz CT molecular complexity index is 99.6. The Kier molecular flexibility index (Phi) is 9.80. The first-order chi connectivity index (χ1) is 6.27. The molecule has 0 aromatic heterocycles. The van der Waals surface area contributed by atoms with Gasteiger partial charge in [-0.05, 0) is 14.1 Å². The van der Waals surface area contributed by atoms with Gasteiger partial charge in [0.05, 0.1) is 19.8 Å². The molecule has 0 aromatic carbocycles. The lowest BCUT2D eigenvalue weighted by Gasteiger charge is -2.10. The number of methoxy groups -OCH3 is 1. The molecule has 0 fully saturated rings. The number of nitrogens with one attached hydrogen (secondary N) is 1. The normalized spacial score (nSPS) is 11.1. The van der Waals surface area contributed by atoms with Gasteiger partial charge in [0, 0.05) is 26.7 Å². The Morgan fingerprint density at radius 3 is 2.46 bits per heavy atom. The van der Waals surface area contributed by atoms with Crippen LogP contribution in [0.5, 0.6) is 0 Å². The Morgan fingerprint density at radius 2 is 1.85 bits per heavy atom. The van der Waals surface area contributed by atoms with Gasteiger partial charge in [0.2, 0.25) is 0 Å². The summed E-state index contributed by atoms with van der Waals surface area (Å²) in [7, 11) is 5.81. The van der Waals surface area contributed by atoms with Crippen molar-refractivity contribution in [2.24, 2.45) is 0 Å². The molecule has 0 radical (unpaired) electrons. The van der Waals surface area contributed by atoms with Gasteiger partial charge in [0.15, 0.2) is 0 Å². The van der Waals surface area contributed by atoms with Gasteiger partial charge in [0.1, 0.15) is 0 Å². The molecule has 4 heteroatoms. The first-order valence-electron chi connectivity index (χ1n) is 4.69. The number of likely N-dealkylation sites (N-methyl/N-ethyl adjacent to an activating group) is 1. The minimum absolute atomic E-state index is 0.678. The molecule has 13 heavy (non-hydrogen) atoms. The van der Waals surface area contributed by atoms with Crippen LogP contribution < -0.4 is 5.32 Å². The Hall–Kier alpha value is -0.160. The van der Waals surface area contributed by atoms with Crippen molar-refractivity contribution in [3.05, 3.63) is 0 Å². The fourth-order valence-corrected chi connectivity index (χ4v) is 0.816. The lowest BCUT2D eigenvalue weighted by Crippen LogP contribution is -2.29. The van der Waals surface area contributed by atoms with Gasteiger partial charge in [-0.25, -0.2) is 0 Å². The molecule has 0 saturated heterocycles. The monoisotopic (exact) mass is 190 g/mol. The molecule has 80 valence electrons. The first-order valence-corrected chi connectivity index (χ1v) is 4.69. The van der Waals surface area contributed by atoms with Crippen molar-refractivity contribution < 1.29 is 9.47 Å². The van der Waals surface area contributed by atoms with Gasteiger partial charge in [-0.3, -0.25) is 0 Å². The number of hydrogen-bond acceptors (Lipinski definition) is 4. The highest BCUT2D eigenvalue weighted by Crippen LogP contribution is 1.75. The average molecular weight is 190 g/mol. The van der Waals surface area contributed by atoms with Crippen LogP contribution >= 0.6 is 0 Å². The molecule has 0 atom stereocenters. The van der Waals surface area contributed by atoms with Crippen LogP contribution in [0.15, 0.2) is 0 Å².